The third kappa shape index (κ3) is 4.31. The highest BCUT2D eigenvalue weighted by molar-refractivity contribution is 5.96. The summed E-state index contributed by atoms with van der Waals surface area (Å²) in [6.45, 7) is 2.09. The van der Waals surface area contributed by atoms with Crippen LogP contribution in [0.5, 0.6) is 5.88 Å². The van der Waals surface area contributed by atoms with Gasteiger partial charge in [0.25, 0.3) is 5.91 Å². The molecule has 0 aliphatic heterocycles. The Kier molecular flexibility index (Phi) is 4.99. The number of anilines is 1. The number of nitrogens with one attached hydrogen (secondary N) is 2. The Balaban J connectivity index is 2.02. The molecule has 0 spiro atoms. The van der Waals surface area contributed by atoms with E-state index in [0.717, 1.165) is 12.1 Å². The third-order valence-corrected chi connectivity index (χ3v) is 2.69. The molecule has 2 heterocycles. The Morgan fingerprint density at radius 2 is 2.04 bits per heavy atom. The van der Waals surface area contributed by atoms with Crippen LogP contribution in [0.15, 0.2) is 36.7 Å². The summed E-state index contributed by atoms with van der Waals surface area (Å²) in [4.78, 5) is 19.5. The van der Waals surface area contributed by atoms with E-state index in [0.29, 0.717) is 12.8 Å². The van der Waals surface area contributed by atoms with Gasteiger partial charge in [0.05, 0.1) is 12.2 Å². The van der Waals surface area contributed by atoms with Crippen LogP contribution in [0, 0.1) is 0 Å². The Labute approximate surface area is 129 Å². The topological polar surface area (TPSA) is 76.1 Å². The van der Waals surface area contributed by atoms with Crippen LogP contribution in [0.2, 0.25) is 0 Å². The van der Waals surface area contributed by atoms with Gasteiger partial charge in [-0.3, -0.25) is 15.6 Å². The lowest BCUT2D eigenvalue weighted by molar-refractivity contribution is -0.137. The number of halogens is 3. The van der Waals surface area contributed by atoms with E-state index in [4.69, 9.17) is 4.74 Å². The predicted octanol–water partition coefficient (Wildman–Crippen LogP) is 2.65. The van der Waals surface area contributed by atoms with Crippen molar-refractivity contribution < 1.29 is 22.7 Å². The third-order valence-electron chi connectivity index (χ3n) is 2.69. The van der Waals surface area contributed by atoms with E-state index in [1.165, 1.54) is 12.3 Å². The number of hydrogen-bond acceptors (Lipinski definition) is 5. The van der Waals surface area contributed by atoms with Gasteiger partial charge in [-0.15, -0.1) is 0 Å². The molecule has 1 amide bonds. The quantitative estimate of drug-likeness (QED) is 0.826. The van der Waals surface area contributed by atoms with Crippen molar-refractivity contribution in [3.05, 3.63) is 47.8 Å². The largest absolute Gasteiger partial charge is 0.477 e. The highest BCUT2D eigenvalue weighted by Gasteiger charge is 2.30. The van der Waals surface area contributed by atoms with Gasteiger partial charge in [0, 0.05) is 12.4 Å². The number of carbonyl (C=O) groups excluding carboxylic acids is 1. The summed E-state index contributed by atoms with van der Waals surface area (Å²) in [5, 5.41) is 0. The van der Waals surface area contributed by atoms with Gasteiger partial charge in [-0.2, -0.15) is 13.2 Å². The number of alkyl halides is 3. The number of amides is 1. The first-order valence-electron chi connectivity index (χ1n) is 6.59. The number of nitrogens with zero attached hydrogens (tertiary/aromatic N) is 2. The fourth-order valence-electron chi connectivity index (χ4n) is 1.64. The van der Waals surface area contributed by atoms with Crippen molar-refractivity contribution in [1.29, 1.82) is 0 Å². The highest BCUT2D eigenvalue weighted by Crippen LogP contribution is 2.28. The van der Waals surface area contributed by atoms with Crippen molar-refractivity contribution in [2.24, 2.45) is 0 Å². The van der Waals surface area contributed by atoms with Crippen molar-refractivity contribution in [2.75, 3.05) is 12.0 Å². The van der Waals surface area contributed by atoms with Crippen molar-refractivity contribution in [3.63, 3.8) is 0 Å². The van der Waals surface area contributed by atoms with Crippen LogP contribution in [0.3, 0.4) is 0 Å². The maximum absolute atomic E-state index is 12.4. The predicted molar refractivity (Wildman–Crippen MR) is 75.7 cm³/mol. The lowest BCUT2D eigenvalue weighted by Gasteiger charge is -2.11. The molecule has 0 saturated heterocycles. The first-order chi connectivity index (χ1) is 10.9. The normalized spacial score (nSPS) is 11.0. The lowest BCUT2D eigenvalue weighted by atomic mass is 10.2. The number of carbonyl (C=O) groups is 1. The van der Waals surface area contributed by atoms with E-state index in [1.54, 1.807) is 13.0 Å². The molecule has 0 fully saturated rings. The Hall–Kier alpha value is -2.84. The molecule has 0 unspecified atom stereocenters. The molecular formula is C14H13F3N4O2. The summed E-state index contributed by atoms with van der Waals surface area (Å²) in [5.41, 5.74) is 4.06. The molecule has 9 heteroatoms. The van der Waals surface area contributed by atoms with E-state index < -0.39 is 17.6 Å². The standard InChI is InChI=1S/C14H13F3N4O2/c1-2-23-13-10(4-3-7-18-13)12(22)21-20-11-6-5-9(8-19-11)14(15,16)17/h3-8H,2H2,1H3,(H,19,20)(H,21,22). The van der Waals surface area contributed by atoms with Crippen molar-refractivity contribution >= 4 is 11.7 Å². The van der Waals surface area contributed by atoms with E-state index >= 15 is 0 Å². The molecule has 0 aromatic carbocycles. The van der Waals surface area contributed by atoms with E-state index in [9.17, 15) is 18.0 Å². The average Bonchev–Trinajstić information content (AvgIpc) is 2.53. The number of pyridine rings is 2. The van der Waals surface area contributed by atoms with Gasteiger partial charge in [-0.25, -0.2) is 9.97 Å². The summed E-state index contributed by atoms with van der Waals surface area (Å²) in [6, 6.07) is 5.04. The molecule has 0 bridgehead atoms. The van der Waals surface area contributed by atoms with E-state index in [1.807, 2.05) is 0 Å². The van der Waals surface area contributed by atoms with Crippen LogP contribution < -0.4 is 15.6 Å². The first-order valence-corrected chi connectivity index (χ1v) is 6.59. The second-order valence-corrected chi connectivity index (χ2v) is 4.30. The summed E-state index contributed by atoms with van der Waals surface area (Å²) in [6.07, 6.45) is -2.31. The molecule has 2 N–H and O–H groups in total. The second-order valence-electron chi connectivity index (χ2n) is 4.30. The zero-order chi connectivity index (χ0) is 16.9. The van der Waals surface area contributed by atoms with Crippen molar-refractivity contribution in [1.82, 2.24) is 15.4 Å². The maximum atomic E-state index is 12.4. The number of ether oxygens (including phenoxy) is 1. The molecule has 122 valence electrons. The minimum Gasteiger partial charge on any atom is -0.477 e. The molecule has 0 aliphatic rings. The van der Waals surface area contributed by atoms with Gasteiger partial charge in [-0.1, -0.05) is 0 Å². The molecule has 0 aliphatic carbocycles. The average molecular weight is 326 g/mol. The van der Waals surface area contributed by atoms with Gasteiger partial charge in [-0.05, 0) is 31.2 Å². The Morgan fingerprint density at radius 3 is 2.65 bits per heavy atom. The molecule has 23 heavy (non-hydrogen) atoms. The Bertz CT molecular complexity index is 674. The van der Waals surface area contributed by atoms with Crippen molar-refractivity contribution in [3.8, 4) is 5.88 Å². The van der Waals surface area contributed by atoms with Crippen LogP contribution in [-0.2, 0) is 6.18 Å². The summed E-state index contributed by atoms with van der Waals surface area (Å²) < 4.78 is 42.5. The summed E-state index contributed by atoms with van der Waals surface area (Å²) in [5.74, 6) is -0.328. The fraction of sp³-hybridized carbons (Fsp3) is 0.214. The minimum atomic E-state index is -4.46. The van der Waals surface area contributed by atoms with Gasteiger partial charge in [0.15, 0.2) is 0 Å². The second kappa shape index (κ2) is 6.95. The van der Waals surface area contributed by atoms with Gasteiger partial charge in [0.2, 0.25) is 5.88 Å². The van der Waals surface area contributed by atoms with E-state index in [2.05, 4.69) is 20.8 Å². The molecular weight excluding hydrogens is 313 g/mol. The molecule has 2 rings (SSSR count). The number of aromatic nitrogens is 2. The minimum absolute atomic E-state index is 0.0631. The lowest BCUT2D eigenvalue weighted by Crippen LogP contribution is -2.30. The van der Waals surface area contributed by atoms with Gasteiger partial charge >= 0.3 is 6.18 Å². The van der Waals surface area contributed by atoms with E-state index in [-0.39, 0.29) is 17.3 Å². The van der Waals surface area contributed by atoms with Crippen LogP contribution >= 0.6 is 0 Å². The number of hydrazine groups is 1. The van der Waals surface area contributed by atoms with Crippen LogP contribution in [0.25, 0.3) is 0 Å². The molecule has 0 saturated carbocycles. The van der Waals surface area contributed by atoms with Crippen LogP contribution in [0.4, 0.5) is 19.0 Å². The van der Waals surface area contributed by atoms with Crippen molar-refractivity contribution in [2.45, 2.75) is 13.1 Å². The molecule has 0 radical (unpaired) electrons. The fourth-order valence-corrected chi connectivity index (χ4v) is 1.64. The first kappa shape index (κ1) is 16.5. The molecule has 2 aromatic heterocycles. The molecule has 6 nitrogen and oxygen atoms in total. The molecule has 2 aromatic rings. The van der Waals surface area contributed by atoms with Gasteiger partial charge in [0.1, 0.15) is 11.4 Å². The van der Waals surface area contributed by atoms with Crippen LogP contribution in [-0.4, -0.2) is 22.5 Å². The molecule has 0 atom stereocenters. The number of hydrogen-bond donors (Lipinski definition) is 2. The zero-order valence-electron chi connectivity index (χ0n) is 12.0. The van der Waals surface area contributed by atoms with Crippen LogP contribution in [0.1, 0.15) is 22.8 Å². The van der Waals surface area contributed by atoms with Gasteiger partial charge < -0.3 is 4.74 Å². The smallest absolute Gasteiger partial charge is 0.417 e. The Morgan fingerprint density at radius 1 is 1.26 bits per heavy atom. The monoisotopic (exact) mass is 326 g/mol. The SMILES string of the molecule is CCOc1ncccc1C(=O)NNc1ccc(C(F)(F)F)cn1. The summed E-state index contributed by atoms with van der Waals surface area (Å²) >= 11 is 0. The number of rotatable bonds is 5. The maximum Gasteiger partial charge on any atom is 0.417 e. The highest BCUT2D eigenvalue weighted by atomic mass is 19.4. The zero-order valence-corrected chi connectivity index (χ0v) is 12.0. The summed E-state index contributed by atoms with van der Waals surface area (Å²) in [7, 11) is 0.